The standard InChI is InChI=1S/C14H20N2O3S/c1-14(2,3)19-13(18)16-12(17)11(15)9-20-10-7-5-4-6-8-10/h4-8,11H,9,15H2,1-3H3,(H,16,17,18)/t11-/m0/s1. The highest BCUT2D eigenvalue weighted by Gasteiger charge is 2.21. The van der Waals surface area contributed by atoms with E-state index in [1.807, 2.05) is 30.3 Å². The number of carbonyl (C=O) groups excluding carboxylic acids is 2. The Morgan fingerprint density at radius 2 is 1.90 bits per heavy atom. The lowest BCUT2D eigenvalue weighted by Gasteiger charge is -2.20. The van der Waals surface area contributed by atoms with Gasteiger partial charge in [0.2, 0.25) is 5.91 Å². The number of nitrogens with one attached hydrogen (secondary N) is 1. The van der Waals surface area contributed by atoms with E-state index in [4.69, 9.17) is 10.5 Å². The molecule has 0 bridgehead atoms. The fraction of sp³-hybridized carbons (Fsp3) is 0.429. The van der Waals surface area contributed by atoms with Gasteiger partial charge < -0.3 is 10.5 Å². The van der Waals surface area contributed by atoms with E-state index < -0.39 is 23.6 Å². The van der Waals surface area contributed by atoms with Crippen molar-refractivity contribution in [2.24, 2.45) is 5.73 Å². The molecule has 0 saturated heterocycles. The SMILES string of the molecule is CC(C)(C)OC(=O)NC(=O)[C@@H](N)CSc1ccccc1. The van der Waals surface area contributed by atoms with Gasteiger partial charge in [-0.3, -0.25) is 10.1 Å². The largest absolute Gasteiger partial charge is 0.444 e. The summed E-state index contributed by atoms with van der Waals surface area (Å²) in [6.07, 6.45) is -0.775. The molecule has 1 atom stereocenters. The summed E-state index contributed by atoms with van der Waals surface area (Å²) in [5.74, 6) is -0.152. The summed E-state index contributed by atoms with van der Waals surface area (Å²) in [4.78, 5) is 24.2. The van der Waals surface area contributed by atoms with Crippen molar-refractivity contribution in [2.45, 2.75) is 37.3 Å². The fourth-order valence-electron chi connectivity index (χ4n) is 1.28. The number of ether oxygens (including phenoxy) is 1. The van der Waals surface area contributed by atoms with Crippen molar-refractivity contribution in [2.75, 3.05) is 5.75 Å². The molecule has 0 fully saturated rings. The van der Waals surface area contributed by atoms with Gasteiger partial charge in [0, 0.05) is 10.6 Å². The van der Waals surface area contributed by atoms with Crippen LogP contribution < -0.4 is 11.1 Å². The molecule has 0 unspecified atom stereocenters. The Morgan fingerprint density at radius 3 is 2.45 bits per heavy atom. The van der Waals surface area contributed by atoms with Crippen LogP contribution in [0.15, 0.2) is 35.2 Å². The molecule has 5 nitrogen and oxygen atoms in total. The number of amides is 2. The molecular formula is C14H20N2O3S. The Morgan fingerprint density at radius 1 is 1.30 bits per heavy atom. The van der Waals surface area contributed by atoms with Crippen molar-refractivity contribution in [3.05, 3.63) is 30.3 Å². The van der Waals surface area contributed by atoms with Gasteiger partial charge >= 0.3 is 6.09 Å². The fourth-order valence-corrected chi connectivity index (χ4v) is 2.15. The second-order valence-corrected chi connectivity index (χ2v) is 6.32. The van der Waals surface area contributed by atoms with Crippen molar-refractivity contribution in [3.63, 3.8) is 0 Å². The minimum Gasteiger partial charge on any atom is -0.444 e. The normalized spacial score (nSPS) is 12.6. The first kappa shape index (κ1) is 16.5. The number of thioether (sulfide) groups is 1. The Kier molecular flexibility index (Phi) is 6.04. The Hall–Kier alpha value is -1.53. The summed E-state index contributed by atoms with van der Waals surface area (Å²) in [6.45, 7) is 5.17. The third kappa shape index (κ3) is 6.58. The molecule has 1 aromatic rings. The molecule has 1 aromatic carbocycles. The van der Waals surface area contributed by atoms with Crippen molar-refractivity contribution < 1.29 is 14.3 Å². The molecule has 3 N–H and O–H groups in total. The van der Waals surface area contributed by atoms with E-state index in [1.165, 1.54) is 11.8 Å². The zero-order valence-corrected chi connectivity index (χ0v) is 12.7. The van der Waals surface area contributed by atoms with Gasteiger partial charge in [-0.2, -0.15) is 0 Å². The van der Waals surface area contributed by atoms with E-state index in [9.17, 15) is 9.59 Å². The highest BCUT2D eigenvalue weighted by molar-refractivity contribution is 7.99. The van der Waals surface area contributed by atoms with Crippen LogP contribution in [0.2, 0.25) is 0 Å². The summed E-state index contributed by atoms with van der Waals surface area (Å²) in [5.41, 5.74) is 5.09. The number of rotatable bonds is 4. The molecule has 110 valence electrons. The lowest BCUT2D eigenvalue weighted by molar-refractivity contribution is -0.121. The van der Waals surface area contributed by atoms with Gasteiger partial charge in [0.15, 0.2) is 0 Å². The minimum atomic E-state index is -0.775. The lowest BCUT2D eigenvalue weighted by atomic mass is 10.2. The average molecular weight is 296 g/mol. The monoisotopic (exact) mass is 296 g/mol. The molecular weight excluding hydrogens is 276 g/mol. The number of carbonyl (C=O) groups is 2. The maximum absolute atomic E-state index is 11.7. The highest BCUT2D eigenvalue weighted by Crippen LogP contribution is 2.17. The first-order chi connectivity index (χ1) is 9.28. The number of alkyl carbamates (subject to hydrolysis) is 1. The van der Waals surface area contributed by atoms with E-state index in [0.29, 0.717) is 5.75 Å². The van der Waals surface area contributed by atoms with Crippen LogP contribution in [0.5, 0.6) is 0 Å². The molecule has 6 heteroatoms. The van der Waals surface area contributed by atoms with Gasteiger partial charge in [0.1, 0.15) is 5.60 Å². The summed E-state index contributed by atoms with van der Waals surface area (Å²) in [7, 11) is 0. The van der Waals surface area contributed by atoms with Crippen LogP contribution in [0.4, 0.5) is 4.79 Å². The van der Waals surface area contributed by atoms with Gasteiger partial charge in [-0.25, -0.2) is 4.79 Å². The number of hydrogen-bond donors (Lipinski definition) is 2. The quantitative estimate of drug-likeness (QED) is 0.832. The zero-order chi connectivity index (χ0) is 15.2. The molecule has 0 spiro atoms. The van der Waals surface area contributed by atoms with Crippen LogP contribution in [0.3, 0.4) is 0 Å². The average Bonchev–Trinajstić information content (AvgIpc) is 2.34. The molecule has 0 aliphatic carbocycles. The molecule has 20 heavy (non-hydrogen) atoms. The molecule has 0 heterocycles. The summed E-state index contributed by atoms with van der Waals surface area (Å²) in [6, 6.07) is 8.84. The number of benzene rings is 1. The van der Waals surface area contributed by atoms with E-state index in [2.05, 4.69) is 5.32 Å². The third-order valence-corrected chi connectivity index (χ3v) is 3.26. The van der Waals surface area contributed by atoms with E-state index >= 15 is 0 Å². The third-order valence-electron chi connectivity index (χ3n) is 2.13. The predicted molar refractivity (Wildman–Crippen MR) is 79.5 cm³/mol. The van der Waals surface area contributed by atoms with Crippen molar-refractivity contribution in [1.29, 1.82) is 0 Å². The van der Waals surface area contributed by atoms with Crippen LogP contribution in [0.25, 0.3) is 0 Å². The van der Waals surface area contributed by atoms with Crippen LogP contribution in [-0.4, -0.2) is 29.4 Å². The van der Waals surface area contributed by atoms with E-state index in [1.54, 1.807) is 20.8 Å². The zero-order valence-electron chi connectivity index (χ0n) is 11.9. The number of nitrogens with two attached hydrogens (primary N) is 1. The van der Waals surface area contributed by atoms with Gasteiger partial charge in [0.25, 0.3) is 0 Å². The molecule has 0 aliphatic heterocycles. The van der Waals surface area contributed by atoms with Crippen molar-refractivity contribution >= 4 is 23.8 Å². The lowest BCUT2D eigenvalue weighted by Crippen LogP contribution is -2.46. The maximum atomic E-state index is 11.7. The summed E-state index contributed by atoms with van der Waals surface area (Å²) >= 11 is 1.46. The van der Waals surface area contributed by atoms with Crippen molar-refractivity contribution in [1.82, 2.24) is 5.32 Å². The first-order valence-electron chi connectivity index (χ1n) is 6.25. The molecule has 0 aromatic heterocycles. The Balaban J connectivity index is 2.38. The van der Waals surface area contributed by atoms with Gasteiger partial charge in [-0.1, -0.05) is 18.2 Å². The Bertz CT molecular complexity index is 457. The van der Waals surface area contributed by atoms with Gasteiger partial charge in [-0.15, -0.1) is 11.8 Å². The summed E-state index contributed by atoms with van der Waals surface area (Å²) in [5, 5.41) is 2.13. The molecule has 0 saturated carbocycles. The topological polar surface area (TPSA) is 81.4 Å². The van der Waals surface area contributed by atoms with Crippen LogP contribution >= 0.6 is 11.8 Å². The highest BCUT2D eigenvalue weighted by atomic mass is 32.2. The smallest absolute Gasteiger partial charge is 0.414 e. The van der Waals surface area contributed by atoms with E-state index in [0.717, 1.165) is 4.90 Å². The number of imide groups is 1. The Labute approximate surface area is 123 Å². The van der Waals surface area contributed by atoms with Crippen LogP contribution in [0.1, 0.15) is 20.8 Å². The maximum Gasteiger partial charge on any atom is 0.414 e. The van der Waals surface area contributed by atoms with Crippen molar-refractivity contribution in [3.8, 4) is 0 Å². The van der Waals surface area contributed by atoms with Gasteiger partial charge in [-0.05, 0) is 32.9 Å². The predicted octanol–water partition coefficient (Wildman–Crippen LogP) is 2.16. The first-order valence-corrected chi connectivity index (χ1v) is 7.24. The molecule has 1 rings (SSSR count). The summed E-state index contributed by atoms with van der Waals surface area (Å²) < 4.78 is 4.99. The number of hydrogen-bond acceptors (Lipinski definition) is 5. The second kappa shape index (κ2) is 7.31. The molecule has 2 amide bonds. The second-order valence-electron chi connectivity index (χ2n) is 5.22. The van der Waals surface area contributed by atoms with Gasteiger partial charge in [0.05, 0.1) is 6.04 Å². The molecule has 0 radical (unpaired) electrons. The van der Waals surface area contributed by atoms with E-state index in [-0.39, 0.29) is 0 Å². The minimum absolute atomic E-state index is 0.388. The van der Waals surface area contributed by atoms with Crippen LogP contribution in [-0.2, 0) is 9.53 Å². The molecule has 0 aliphatic rings. The van der Waals surface area contributed by atoms with Crippen LogP contribution in [0, 0.1) is 0 Å².